The molecule has 0 aliphatic heterocycles. The maximum atomic E-state index is 10.2. The molecule has 0 aromatic carbocycles. The molecule has 1 heterocycles. The highest BCUT2D eigenvalue weighted by Gasteiger charge is 1.91. The largest absolute Gasteiger partial charge is 0.260 e. The average molecular weight is 156 g/mol. The summed E-state index contributed by atoms with van der Waals surface area (Å²) in [7, 11) is -2.36. The number of rotatable bonds is 2. The number of thiol groups is 1. The predicted molar refractivity (Wildman–Crippen MR) is 37.1 cm³/mol. The molecule has 4 heteroatoms. The van der Waals surface area contributed by atoms with Gasteiger partial charge in [-0.15, -0.1) is 0 Å². The van der Waals surface area contributed by atoms with Crippen LogP contribution < -0.4 is 0 Å². The number of hydrogen-bond acceptors (Lipinski definition) is 3. The third-order valence-electron chi connectivity index (χ3n) is 0.952. The van der Waals surface area contributed by atoms with E-state index >= 15 is 0 Å². The first-order chi connectivity index (χ1) is 4.79. The fraction of sp³-hybridized carbons (Fsp3) is 0.167. The minimum absolute atomic E-state index is 0.00662. The van der Waals surface area contributed by atoms with Crippen molar-refractivity contribution in [3.8, 4) is 0 Å². The Balaban J connectivity index is 2.77. The molecule has 1 aromatic heterocycles. The van der Waals surface area contributed by atoms with Crippen molar-refractivity contribution < 1.29 is 8.42 Å². The Hall–Kier alpha value is -0.900. The van der Waals surface area contributed by atoms with Crippen molar-refractivity contribution in [3.63, 3.8) is 0 Å². The van der Waals surface area contributed by atoms with Gasteiger partial charge in [-0.3, -0.25) is 4.98 Å². The number of nitrogens with zero attached hydrogens (tertiary/aromatic N) is 1. The van der Waals surface area contributed by atoms with Crippen LogP contribution in [0.4, 0.5) is 0 Å². The molecule has 53 valence electrons. The molecule has 3 nitrogen and oxygen atoms in total. The van der Waals surface area contributed by atoms with E-state index in [0.29, 0.717) is 5.69 Å². The van der Waals surface area contributed by atoms with Gasteiger partial charge < -0.3 is 0 Å². The van der Waals surface area contributed by atoms with Crippen molar-refractivity contribution in [1.82, 2.24) is 4.98 Å². The number of pyridine rings is 1. The van der Waals surface area contributed by atoms with Gasteiger partial charge >= 0.3 is 0 Å². The van der Waals surface area contributed by atoms with Crippen LogP contribution in [0, 0.1) is 6.07 Å². The van der Waals surface area contributed by atoms with E-state index in [0.717, 1.165) is 0 Å². The molecular weight excluding hydrogens is 150 g/mol. The third kappa shape index (κ3) is 2.14. The van der Waals surface area contributed by atoms with Crippen LogP contribution in [-0.4, -0.2) is 13.4 Å². The average Bonchev–Trinajstić information content (AvgIpc) is 1.88. The molecule has 0 aliphatic rings. The minimum Gasteiger partial charge on any atom is -0.260 e. The number of aromatic nitrogens is 1. The molecule has 10 heavy (non-hydrogen) atoms. The molecule has 0 fully saturated rings. The van der Waals surface area contributed by atoms with Crippen molar-refractivity contribution in [3.05, 3.63) is 30.1 Å². The summed E-state index contributed by atoms with van der Waals surface area (Å²) in [4.78, 5) is 3.80. The maximum absolute atomic E-state index is 10.2. The van der Waals surface area contributed by atoms with Gasteiger partial charge in [0.15, 0.2) is 0 Å². The van der Waals surface area contributed by atoms with Crippen molar-refractivity contribution in [2.75, 3.05) is 0 Å². The highest BCUT2D eigenvalue weighted by molar-refractivity contribution is 7.71. The highest BCUT2D eigenvalue weighted by atomic mass is 32.2. The van der Waals surface area contributed by atoms with Crippen molar-refractivity contribution >= 4 is 10.7 Å². The Kier molecular flexibility index (Phi) is 2.39. The molecule has 0 spiro atoms. The number of hydrogen-bond donors (Lipinski definition) is 1. The molecule has 1 radical (unpaired) electrons. The molecule has 1 aromatic rings. The van der Waals surface area contributed by atoms with E-state index in [4.69, 9.17) is 0 Å². The summed E-state index contributed by atoms with van der Waals surface area (Å²) in [5.74, 6) is 0.00662. The zero-order valence-corrected chi connectivity index (χ0v) is 6.04. The van der Waals surface area contributed by atoms with Crippen LogP contribution in [0.25, 0.3) is 0 Å². The van der Waals surface area contributed by atoms with Crippen LogP contribution in [0.1, 0.15) is 5.69 Å². The van der Waals surface area contributed by atoms with Crippen LogP contribution in [-0.2, 0) is 16.5 Å². The lowest BCUT2D eigenvalue weighted by atomic mass is 10.4. The lowest BCUT2D eigenvalue weighted by molar-refractivity contribution is 0.613. The molecule has 1 rings (SSSR count). The van der Waals surface area contributed by atoms with E-state index in [1.54, 1.807) is 12.1 Å². The lowest BCUT2D eigenvalue weighted by Crippen LogP contribution is -1.88. The normalized spacial score (nSPS) is 10.1. The second-order valence-corrected chi connectivity index (χ2v) is 2.72. The zero-order chi connectivity index (χ0) is 7.40. The Morgan fingerprint density at radius 3 is 2.90 bits per heavy atom. The Labute approximate surface area is 60.7 Å². The smallest absolute Gasteiger partial charge is 0.145 e. The third-order valence-corrected chi connectivity index (χ3v) is 1.53. The fourth-order valence-electron chi connectivity index (χ4n) is 0.576. The molecule has 0 N–H and O–H groups in total. The lowest BCUT2D eigenvalue weighted by Gasteiger charge is -1.88. The van der Waals surface area contributed by atoms with Crippen LogP contribution in [0.15, 0.2) is 18.3 Å². The summed E-state index contributed by atoms with van der Waals surface area (Å²) >= 11 is 0. The van der Waals surface area contributed by atoms with Gasteiger partial charge in [-0.25, -0.2) is 8.42 Å². The molecule has 0 atom stereocenters. The monoisotopic (exact) mass is 156 g/mol. The van der Waals surface area contributed by atoms with Gasteiger partial charge in [0.2, 0.25) is 0 Å². The first-order valence-corrected chi connectivity index (χ1v) is 4.08. The topological polar surface area (TPSA) is 47.0 Å². The van der Waals surface area contributed by atoms with Gasteiger partial charge in [0, 0.05) is 6.20 Å². The van der Waals surface area contributed by atoms with E-state index in [1.807, 2.05) is 0 Å². The molecule has 0 amide bonds. The summed E-state index contributed by atoms with van der Waals surface area (Å²) in [5, 5.41) is 0. The van der Waals surface area contributed by atoms with E-state index in [1.165, 1.54) is 6.20 Å². The zero-order valence-electron chi connectivity index (χ0n) is 5.15. The summed E-state index contributed by atoms with van der Waals surface area (Å²) in [6.07, 6.45) is 1.52. The summed E-state index contributed by atoms with van der Waals surface area (Å²) in [6, 6.07) is 5.92. The predicted octanol–water partition coefficient (Wildman–Crippen LogP) is -0.00681. The highest BCUT2D eigenvalue weighted by Crippen LogP contribution is 1.92. The molecule has 0 saturated carbocycles. The Bertz CT molecular complexity index is 260. The van der Waals surface area contributed by atoms with Crippen LogP contribution in [0.5, 0.6) is 0 Å². The van der Waals surface area contributed by atoms with E-state index in [-0.39, 0.29) is 5.75 Å². The fourth-order valence-corrected chi connectivity index (χ4v) is 1.01. The quantitative estimate of drug-likeness (QED) is 0.613. The second kappa shape index (κ2) is 3.31. The van der Waals surface area contributed by atoms with Crippen molar-refractivity contribution in [2.45, 2.75) is 5.75 Å². The van der Waals surface area contributed by atoms with Crippen molar-refractivity contribution in [2.24, 2.45) is 0 Å². The molecule has 0 bridgehead atoms. The molecule has 0 aliphatic carbocycles. The van der Waals surface area contributed by atoms with Gasteiger partial charge in [-0.05, 0) is 18.2 Å². The van der Waals surface area contributed by atoms with Gasteiger partial charge in [0.05, 0.1) is 11.4 Å². The van der Waals surface area contributed by atoms with Crippen LogP contribution in [0.3, 0.4) is 0 Å². The van der Waals surface area contributed by atoms with Crippen molar-refractivity contribution in [1.29, 1.82) is 0 Å². The second-order valence-electron chi connectivity index (χ2n) is 1.74. The van der Waals surface area contributed by atoms with Gasteiger partial charge in [-0.1, -0.05) is 0 Å². The maximum Gasteiger partial charge on any atom is 0.145 e. The minimum atomic E-state index is -2.36. The van der Waals surface area contributed by atoms with Crippen LogP contribution >= 0.6 is 0 Å². The first-order valence-electron chi connectivity index (χ1n) is 2.72. The summed E-state index contributed by atoms with van der Waals surface area (Å²) in [5.41, 5.74) is 0.540. The first kappa shape index (κ1) is 7.21. The van der Waals surface area contributed by atoms with E-state index in [9.17, 15) is 8.42 Å². The van der Waals surface area contributed by atoms with E-state index < -0.39 is 10.7 Å². The SMILES string of the molecule is O=[SH](=O)Cc1c[c]ccn1. The van der Waals surface area contributed by atoms with Gasteiger partial charge in [0.25, 0.3) is 0 Å². The summed E-state index contributed by atoms with van der Waals surface area (Å²) in [6.45, 7) is 0. The molecule has 0 unspecified atom stereocenters. The molecule has 0 saturated heterocycles. The standard InChI is InChI=1S/C6H6NO2S/c8-10(9)5-6-3-1-2-4-7-6/h2-4,10H,5H2. The van der Waals surface area contributed by atoms with Crippen LogP contribution in [0.2, 0.25) is 0 Å². The Morgan fingerprint density at radius 2 is 2.40 bits per heavy atom. The van der Waals surface area contributed by atoms with Gasteiger partial charge in [0.1, 0.15) is 10.7 Å². The van der Waals surface area contributed by atoms with E-state index in [2.05, 4.69) is 11.1 Å². The summed E-state index contributed by atoms with van der Waals surface area (Å²) < 4.78 is 20.3. The Morgan fingerprint density at radius 1 is 1.60 bits per heavy atom. The molecular formula is C6H6NO2S. The van der Waals surface area contributed by atoms with Gasteiger partial charge in [-0.2, -0.15) is 0 Å².